The Morgan fingerprint density at radius 2 is 2.20 bits per heavy atom. The van der Waals surface area contributed by atoms with Gasteiger partial charge in [0, 0.05) is 30.9 Å². The number of hydrogen-bond acceptors (Lipinski definition) is 3. The van der Waals surface area contributed by atoms with Crippen LogP contribution in [0.4, 0.5) is 10.1 Å². The molecular weight excluding hydrogens is 259 g/mol. The molecule has 0 spiro atoms. The third-order valence-electron chi connectivity index (χ3n) is 3.58. The summed E-state index contributed by atoms with van der Waals surface area (Å²) in [5.74, 6) is -1.38. The third-order valence-corrected chi connectivity index (χ3v) is 3.58. The summed E-state index contributed by atoms with van der Waals surface area (Å²) < 4.78 is 13.6. The van der Waals surface area contributed by atoms with Gasteiger partial charge in [-0.2, -0.15) is 0 Å². The number of likely N-dealkylation sites (N-methyl/N-ethyl adjacent to an activating group) is 1. The molecule has 0 radical (unpaired) electrons. The molecule has 20 heavy (non-hydrogen) atoms. The highest BCUT2D eigenvalue weighted by Gasteiger charge is 2.24. The molecule has 1 N–H and O–H groups in total. The van der Waals surface area contributed by atoms with Gasteiger partial charge in [0.25, 0.3) is 0 Å². The molecule has 1 aromatic rings. The number of halogens is 1. The second kappa shape index (κ2) is 6.05. The summed E-state index contributed by atoms with van der Waals surface area (Å²) in [6.45, 7) is 1.74. The van der Waals surface area contributed by atoms with Crippen LogP contribution in [0.2, 0.25) is 0 Å². The number of rotatable bonds is 4. The van der Waals surface area contributed by atoms with Gasteiger partial charge in [0.1, 0.15) is 5.82 Å². The standard InChI is InChI=1S/C15H19FN2O2/c1-17(2)13-5-6-18(10-13)14-8-11(3-4-15(19)20)7-12(16)9-14/h3-4,7-9,13H,5-6,10H2,1-2H3,(H,19,20)/b4-3+. The average Bonchev–Trinajstić information content (AvgIpc) is 2.85. The van der Waals surface area contributed by atoms with Crippen LogP contribution in [0.15, 0.2) is 24.3 Å². The van der Waals surface area contributed by atoms with Crippen molar-refractivity contribution in [3.8, 4) is 0 Å². The van der Waals surface area contributed by atoms with Gasteiger partial charge in [-0.25, -0.2) is 9.18 Å². The largest absolute Gasteiger partial charge is 0.478 e. The van der Waals surface area contributed by atoms with Gasteiger partial charge in [-0.3, -0.25) is 0 Å². The van der Waals surface area contributed by atoms with Crippen LogP contribution in [0.5, 0.6) is 0 Å². The number of nitrogens with zero attached hydrogens (tertiary/aromatic N) is 2. The predicted octanol–water partition coefficient (Wildman–Crippen LogP) is 2.06. The number of aliphatic carboxylic acids is 1. The summed E-state index contributed by atoms with van der Waals surface area (Å²) in [4.78, 5) is 14.8. The fourth-order valence-corrected chi connectivity index (χ4v) is 2.44. The SMILES string of the molecule is CN(C)C1CCN(c2cc(F)cc(/C=C/C(=O)O)c2)C1. The second-order valence-corrected chi connectivity index (χ2v) is 5.27. The van der Waals surface area contributed by atoms with Crippen LogP contribution in [-0.4, -0.2) is 49.2 Å². The van der Waals surface area contributed by atoms with Crippen molar-refractivity contribution in [2.45, 2.75) is 12.5 Å². The molecule has 1 heterocycles. The van der Waals surface area contributed by atoms with Gasteiger partial charge < -0.3 is 14.9 Å². The summed E-state index contributed by atoms with van der Waals surface area (Å²) in [5, 5.41) is 8.62. The molecule has 1 unspecified atom stereocenters. The summed E-state index contributed by atoms with van der Waals surface area (Å²) >= 11 is 0. The monoisotopic (exact) mass is 278 g/mol. The van der Waals surface area contributed by atoms with E-state index in [0.29, 0.717) is 11.6 Å². The number of carbonyl (C=O) groups is 1. The first-order valence-electron chi connectivity index (χ1n) is 6.58. The quantitative estimate of drug-likeness (QED) is 0.856. The summed E-state index contributed by atoms with van der Waals surface area (Å²) in [6.07, 6.45) is 3.48. The molecule has 1 aliphatic rings. The van der Waals surface area contributed by atoms with E-state index in [1.54, 1.807) is 0 Å². The Morgan fingerprint density at radius 1 is 1.45 bits per heavy atom. The van der Waals surface area contributed by atoms with E-state index < -0.39 is 5.97 Å². The minimum Gasteiger partial charge on any atom is -0.478 e. The van der Waals surface area contributed by atoms with E-state index in [1.807, 2.05) is 20.2 Å². The Balaban J connectivity index is 2.18. The maximum atomic E-state index is 13.6. The van der Waals surface area contributed by atoms with E-state index >= 15 is 0 Å². The molecule has 4 nitrogen and oxygen atoms in total. The number of hydrogen-bond donors (Lipinski definition) is 1. The van der Waals surface area contributed by atoms with Gasteiger partial charge in [-0.1, -0.05) is 0 Å². The molecule has 0 bridgehead atoms. The molecule has 1 aliphatic heterocycles. The van der Waals surface area contributed by atoms with E-state index in [4.69, 9.17) is 5.11 Å². The highest BCUT2D eigenvalue weighted by molar-refractivity contribution is 5.85. The zero-order valence-corrected chi connectivity index (χ0v) is 11.7. The molecular formula is C15H19FN2O2. The highest BCUT2D eigenvalue weighted by atomic mass is 19.1. The predicted molar refractivity (Wildman–Crippen MR) is 77.4 cm³/mol. The number of carboxylic acid groups (broad SMARTS) is 1. The van der Waals surface area contributed by atoms with Crippen molar-refractivity contribution in [1.29, 1.82) is 0 Å². The molecule has 0 saturated carbocycles. The molecule has 1 aromatic carbocycles. The number of benzene rings is 1. The van der Waals surface area contributed by atoms with Gasteiger partial charge in [0.2, 0.25) is 0 Å². The summed E-state index contributed by atoms with van der Waals surface area (Å²) in [7, 11) is 4.08. The molecule has 1 saturated heterocycles. The molecule has 0 amide bonds. The fourth-order valence-electron chi connectivity index (χ4n) is 2.44. The lowest BCUT2D eigenvalue weighted by atomic mass is 10.1. The Kier molecular flexibility index (Phi) is 4.39. The lowest BCUT2D eigenvalue weighted by molar-refractivity contribution is -0.131. The highest BCUT2D eigenvalue weighted by Crippen LogP contribution is 2.24. The topological polar surface area (TPSA) is 43.8 Å². The zero-order chi connectivity index (χ0) is 14.7. The number of carboxylic acids is 1. The Bertz CT molecular complexity index is 529. The van der Waals surface area contributed by atoms with Crippen molar-refractivity contribution < 1.29 is 14.3 Å². The van der Waals surface area contributed by atoms with Crippen LogP contribution in [-0.2, 0) is 4.79 Å². The van der Waals surface area contributed by atoms with Gasteiger partial charge in [0.05, 0.1) is 0 Å². The minimum atomic E-state index is -1.04. The Morgan fingerprint density at radius 3 is 2.80 bits per heavy atom. The van der Waals surface area contributed by atoms with Gasteiger partial charge >= 0.3 is 5.97 Å². The second-order valence-electron chi connectivity index (χ2n) is 5.27. The molecule has 1 atom stereocenters. The van der Waals surface area contributed by atoms with Crippen molar-refractivity contribution in [1.82, 2.24) is 4.90 Å². The lowest BCUT2D eigenvalue weighted by Crippen LogP contribution is -2.31. The molecule has 0 aliphatic carbocycles. The fraction of sp³-hybridized carbons (Fsp3) is 0.400. The van der Waals surface area contributed by atoms with E-state index in [0.717, 1.165) is 31.3 Å². The third kappa shape index (κ3) is 3.57. The number of anilines is 1. The maximum absolute atomic E-state index is 13.6. The smallest absolute Gasteiger partial charge is 0.328 e. The van der Waals surface area contributed by atoms with Crippen LogP contribution < -0.4 is 4.90 Å². The van der Waals surface area contributed by atoms with E-state index in [1.165, 1.54) is 18.2 Å². The van der Waals surface area contributed by atoms with Gasteiger partial charge in [-0.15, -0.1) is 0 Å². The van der Waals surface area contributed by atoms with E-state index in [-0.39, 0.29) is 5.82 Å². The van der Waals surface area contributed by atoms with Crippen LogP contribution in [0, 0.1) is 5.82 Å². The van der Waals surface area contributed by atoms with Crippen molar-refractivity contribution >= 4 is 17.7 Å². The van der Waals surface area contributed by atoms with Gasteiger partial charge in [-0.05, 0) is 50.4 Å². The van der Waals surface area contributed by atoms with Crippen molar-refractivity contribution in [2.24, 2.45) is 0 Å². The van der Waals surface area contributed by atoms with Crippen molar-refractivity contribution in [3.05, 3.63) is 35.7 Å². The normalized spacial score (nSPS) is 19.2. The average molecular weight is 278 g/mol. The van der Waals surface area contributed by atoms with Gasteiger partial charge in [0.15, 0.2) is 0 Å². The maximum Gasteiger partial charge on any atom is 0.328 e. The summed E-state index contributed by atoms with van der Waals surface area (Å²) in [5.41, 5.74) is 1.37. The molecule has 2 rings (SSSR count). The van der Waals surface area contributed by atoms with Crippen LogP contribution in [0.3, 0.4) is 0 Å². The molecule has 108 valence electrons. The first-order chi connectivity index (χ1) is 9.45. The lowest BCUT2D eigenvalue weighted by Gasteiger charge is -2.22. The van der Waals surface area contributed by atoms with Crippen LogP contribution >= 0.6 is 0 Å². The zero-order valence-electron chi connectivity index (χ0n) is 11.7. The first kappa shape index (κ1) is 14.5. The summed E-state index contributed by atoms with van der Waals surface area (Å²) in [6, 6.07) is 5.12. The van der Waals surface area contributed by atoms with E-state index in [9.17, 15) is 9.18 Å². The van der Waals surface area contributed by atoms with Crippen LogP contribution in [0.1, 0.15) is 12.0 Å². The molecule has 0 aromatic heterocycles. The van der Waals surface area contributed by atoms with Crippen molar-refractivity contribution in [2.75, 3.05) is 32.1 Å². The van der Waals surface area contributed by atoms with Crippen LogP contribution in [0.25, 0.3) is 6.08 Å². The molecule has 1 fully saturated rings. The Hall–Kier alpha value is -1.88. The van der Waals surface area contributed by atoms with Crippen molar-refractivity contribution in [3.63, 3.8) is 0 Å². The van der Waals surface area contributed by atoms with E-state index in [2.05, 4.69) is 9.80 Å². The molecule has 5 heteroatoms. The minimum absolute atomic E-state index is 0.346. The Labute approximate surface area is 118 Å². The first-order valence-corrected chi connectivity index (χ1v) is 6.58.